The van der Waals surface area contributed by atoms with Gasteiger partial charge in [0, 0.05) is 12.3 Å². The van der Waals surface area contributed by atoms with Crippen LogP contribution in [0.5, 0.6) is 0 Å². The predicted molar refractivity (Wildman–Crippen MR) is 109 cm³/mol. The lowest BCUT2D eigenvalue weighted by atomic mass is 10.2. The number of amides is 1. The summed E-state index contributed by atoms with van der Waals surface area (Å²) in [4.78, 5) is 24.4. The van der Waals surface area contributed by atoms with Crippen LogP contribution in [0.2, 0.25) is 0 Å². The van der Waals surface area contributed by atoms with Crippen LogP contribution in [0.4, 0.5) is 5.69 Å². The lowest BCUT2D eigenvalue weighted by Gasteiger charge is -2.06. The zero-order chi connectivity index (χ0) is 20.2. The number of rotatable bonds is 7. The summed E-state index contributed by atoms with van der Waals surface area (Å²) >= 11 is 1.22. The largest absolute Gasteiger partial charge is 0.451 e. The van der Waals surface area contributed by atoms with Crippen molar-refractivity contribution in [3.8, 4) is 0 Å². The number of nitrogens with zero attached hydrogens (tertiary/aromatic N) is 4. The number of tetrazole rings is 1. The number of furan rings is 1. The Kier molecular flexibility index (Phi) is 5.39. The first-order valence-electron chi connectivity index (χ1n) is 8.87. The van der Waals surface area contributed by atoms with E-state index in [9.17, 15) is 9.59 Å². The second-order valence-electron chi connectivity index (χ2n) is 6.30. The Labute approximate surface area is 170 Å². The average Bonchev–Trinajstić information content (AvgIpc) is 3.32. The number of Topliss-reactive ketones (excluding diaryl/α,β-unsaturated/α-hetero) is 1. The fourth-order valence-electron chi connectivity index (χ4n) is 2.88. The van der Waals surface area contributed by atoms with Crippen LogP contribution in [0.15, 0.2) is 64.2 Å². The molecule has 1 amide bonds. The van der Waals surface area contributed by atoms with Crippen LogP contribution in [0, 0.1) is 0 Å². The van der Waals surface area contributed by atoms with Crippen molar-refractivity contribution in [2.45, 2.75) is 18.6 Å². The van der Waals surface area contributed by atoms with E-state index in [1.807, 2.05) is 42.5 Å². The van der Waals surface area contributed by atoms with Gasteiger partial charge in [0.2, 0.25) is 11.1 Å². The van der Waals surface area contributed by atoms with Gasteiger partial charge in [-0.3, -0.25) is 9.59 Å². The van der Waals surface area contributed by atoms with Gasteiger partial charge in [0.15, 0.2) is 11.5 Å². The molecular weight excluding hydrogens is 390 g/mol. The molecule has 2 aromatic carbocycles. The minimum Gasteiger partial charge on any atom is -0.451 e. The molecule has 0 radical (unpaired) electrons. The van der Waals surface area contributed by atoms with Gasteiger partial charge in [-0.1, -0.05) is 54.2 Å². The molecule has 0 aliphatic rings. The first kappa shape index (κ1) is 18.9. The zero-order valence-corrected chi connectivity index (χ0v) is 16.3. The van der Waals surface area contributed by atoms with E-state index in [2.05, 4.69) is 20.8 Å². The van der Waals surface area contributed by atoms with Crippen LogP contribution >= 0.6 is 11.8 Å². The van der Waals surface area contributed by atoms with E-state index in [1.165, 1.54) is 18.7 Å². The number of aromatic nitrogens is 4. The average molecular weight is 407 g/mol. The van der Waals surface area contributed by atoms with Crippen LogP contribution in [0.1, 0.15) is 23.0 Å². The zero-order valence-electron chi connectivity index (χ0n) is 15.5. The van der Waals surface area contributed by atoms with Gasteiger partial charge in [-0.25, -0.2) is 4.68 Å². The summed E-state index contributed by atoms with van der Waals surface area (Å²) in [6.07, 6.45) is 0. The number of benzene rings is 2. The topological polar surface area (TPSA) is 103 Å². The van der Waals surface area contributed by atoms with E-state index >= 15 is 0 Å². The van der Waals surface area contributed by atoms with E-state index in [0.29, 0.717) is 28.4 Å². The standard InChI is InChI=1S/C20H17N5O3S/c1-13(26)19-18(15-9-5-6-10-16(15)28-19)21-17(27)12-29-20-22-23-24-25(20)11-14-7-3-2-4-8-14/h2-10H,11-12H2,1H3,(H,21,27). The van der Waals surface area contributed by atoms with Gasteiger partial charge in [0.1, 0.15) is 5.58 Å². The van der Waals surface area contributed by atoms with Crippen molar-refractivity contribution in [3.63, 3.8) is 0 Å². The third-order valence-corrected chi connectivity index (χ3v) is 5.14. The summed E-state index contributed by atoms with van der Waals surface area (Å²) < 4.78 is 7.23. The fraction of sp³-hybridized carbons (Fsp3) is 0.150. The molecule has 29 heavy (non-hydrogen) atoms. The number of hydrogen-bond acceptors (Lipinski definition) is 7. The number of fused-ring (bicyclic) bond motifs is 1. The highest BCUT2D eigenvalue weighted by atomic mass is 32.2. The SMILES string of the molecule is CC(=O)c1oc2ccccc2c1NC(=O)CSc1nnnn1Cc1ccccc1. The van der Waals surface area contributed by atoms with Gasteiger partial charge in [0.05, 0.1) is 18.0 Å². The smallest absolute Gasteiger partial charge is 0.234 e. The normalized spacial score (nSPS) is 10.9. The molecule has 4 rings (SSSR count). The van der Waals surface area contributed by atoms with Crippen LogP contribution in [-0.2, 0) is 11.3 Å². The molecule has 0 fully saturated rings. The van der Waals surface area contributed by atoms with Gasteiger partial charge >= 0.3 is 0 Å². The molecule has 2 aromatic heterocycles. The Morgan fingerprint density at radius 3 is 2.66 bits per heavy atom. The maximum atomic E-state index is 12.5. The first-order chi connectivity index (χ1) is 14.1. The fourth-order valence-corrected chi connectivity index (χ4v) is 3.56. The summed E-state index contributed by atoms with van der Waals surface area (Å²) in [5.74, 6) is -0.306. The Bertz CT molecular complexity index is 1170. The molecule has 0 saturated heterocycles. The van der Waals surface area contributed by atoms with Gasteiger partial charge in [-0.15, -0.1) is 5.10 Å². The molecule has 0 saturated carbocycles. The van der Waals surface area contributed by atoms with Crippen molar-refractivity contribution >= 4 is 40.1 Å². The molecule has 0 bridgehead atoms. The summed E-state index contributed by atoms with van der Waals surface area (Å²) in [5.41, 5.74) is 2.00. The van der Waals surface area contributed by atoms with Crippen molar-refractivity contribution in [2.75, 3.05) is 11.1 Å². The summed E-state index contributed by atoms with van der Waals surface area (Å²) in [5, 5.41) is 15.7. The van der Waals surface area contributed by atoms with Crippen molar-refractivity contribution in [3.05, 3.63) is 65.9 Å². The highest BCUT2D eigenvalue weighted by Crippen LogP contribution is 2.31. The van der Waals surface area contributed by atoms with Crippen LogP contribution < -0.4 is 5.32 Å². The van der Waals surface area contributed by atoms with Gasteiger partial charge < -0.3 is 9.73 Å². The van der Waals surface area contributed by atoms with Crippen molar-refractivity contribution in [1.82, 2.24) is 20.2 Å². The van der Waals surface area contributed by atoms with Gasteiger partial charge in [-0.2, -0.15) is 0 Å². The minimum atomic E-state index is -0.279. The van der Waals surface area contributed by atoms with E-state index in [-0.39, 0.29) is 23.2 Å². The van der Waals surface area contributed by atoms with Gasteiger partial charge in [0.25, 0.3) is 0 Å². The third kappa shape index (κ3) is 4.19. The van der Waals surface area contributed by atoms with Crippen molar-refractivity contribution < 1.29 is 14.0 Å². The van der Waals surface area contributed by atoms with E-state index in [0.717, 1.165) is 5.56 Å². The summed E-state index contributed by atoms with van der Waals surface area (Å²) in [7, 11) is 0. The quantitative estimate of drug-likeness (QED) is 0.370. The van der Waals surface area contributed by atoms with Crippen molar-refractivity contribution in [1.29, 1.82) is 0 Å². The Morgan fingerprint density at radius 1 is 1.10 bits per heavy atom. The molecule has 4 aromatic rings. The van der Waals surface area contributed by atoms with E-state index in [1.54, 1.807) is 16.8 Å². The molecule has 8 nitrogen and oxygen atoms in total. The second-order valence-corrected chi connectivity index (χ2v) is 7.24. The Balaban J connectivity index is 1.46. The maximum absolute atomic E-state index is 12.5. The number of hydrogen-bond donors (Lipinski definition) is 1. The van der Waals surface area contributed by atoms with Crippen LogP contribution in [0.3, 0.4) is 0 Å². The molecule has 1 N–H and O–H groups in total. The molecule has 146 valence electrons. The predicted octanol–water partition coefficient (Wildman–Crippen LogP) is 3.40. The molecular formula is C20H17N5O3S. The highest BCUT2D eigenvalue weighted by Gasteiger charge is 2.20. The summed E-state index contributed by atoms with van der Waals surface area (Å²) in [6.45, 7) is 1.92. The lowest BCUT2D eigenvalue weighted by molar-refractivity contribution is -0.113. The number of carbonyl (C=O) groups excluding carboxylic acids is 2. The molecule has 2 heterocycles. The molecule has 0 spiro atoms. The minimum absolute atomic E-state index is 0.0893. The number of carbonyl (C=O) groups is 2. The molecule has 9 heteroatoms. The summed E-state index contributed by atoms with van der Waals surface area (Å²) in [6, 6.07) is 17.0. The lowest BCUT2D eigenvalue weighted by Crippen LogP contribution is -2.16. The van der Waals surface area contributed by atoms with Crippen LogP contribution in [-0.4, -0.2) is 37.7 Å². The Hall–Kier alpha value is -3.46. The maximum Gasteiger partial charge on any atom is 0.234 e. The van der Waals surface area contributed by atoms with E-state index in [4.69, 9.17) is 4.42 Å². The number of para-hydroxylation sites is 1. The molecule has 0 aliphatic heterocycles. The Morgan fingerprint density at radius 2 is 1.86 bits per heavy atom. The number of thioether (sulfide) groups is 1. The van der Waals surface area contributed by atoms with E-state index < -0.39 is 0 Å². The monoisotopic (exact) mass is 407 g/mol. The van der Waals surface area contributed by atoms with Crippen molar-refractivity contribution in [2.24, 2.45) is 0 Å². The highest BCUT2D eigenvalue weighted by molar-refractivity contribution is 7.99. The number of ketones is 1. The second kappa shape index (κ2) is 8.27. The van der Waals surface area contributed by atoms with Gasteiger partial charge in [-0.05, 0) is 28.1 Å². The number of anilines is 1. The molecule has 0 aliphatic carbocycles. The van der Waals surface area contributed by atoms with Crippen LogP contribution in [0.25, 0.3) is 11.0 Å². The third-order valence-electron chi connectivity index (χ3n) is 4.19. The first-order valence-corrected chi connectivity index (χ1v) is 9.85. The molecule has 0 atom stereocenters. The molecule has 0 unspecified atom stereocenters. The number of nitrogens with one attached hydrogen (secondary N) is 1.